The van der Waals surface area contributed by atoms with Crippen LogP contribution in [0.3, 0.4) is 0 Å². The van der Waals surface area contributed by atoms with Gasteiger partial charge in [0, 0.05) is 25.2 Å². The van der Waals surface area contributed by atoms with Crippen molar-refractivity contribution in [3.8, 4) is 11.5 Å². The van der Waals surface area contributed by atoms with Crippen LogP contribution in [0.5, 0.6) is 11.5 Å². The Kier molecular flexibility index (Phi) is 4.60. The second-order valence-corrected chi connectivity index (χ2v) is 5.81. The molecule has 3 rings (SSSR count). The second-order valence-electron chi connectivity index (χ2n) is 5.81. The van der Waals surface area contributed by atoms with Gasteiger partial charge in [-0.25, -0.2) is 0 Å². The highest BCUT2D eigenvalue weighted by Crippen LogP contribution is 2.34. The number of fused-ring (bicyclic) bond motifs is 1. The quantitative estimate of drug-likeness (QED) is 0.907. The smallest absolute Gasteiger partial charge is 0.122 e. The molecule has 0 saturated heterocycles. The third-order valence-corrected chi connectivity index (χ3v) is 4.42. The number of hydrogen-bond donors (Lipinski definition) is 1. The van der Waals surface area contributed by atoms with E-state index in [9.17, 15) is 0 Å². The number of benzene rings is 2. The van der Waals surface area contributed by atoms with E-state index in [1.165, 1.54) is 16.9 Å². The summed E-state index contributed by atoms with van der Waals surface area (Å²) >= 11 is 0. The Bertz CT molecular complexity index is 650. The number of para-hydroxylation sites is 2. The van der Waals surface area contributed by atoms with Crippen molar-refractivity contribution in [3.63, 3.8) is 0 Å². The summed E-state index contributed by atoms with van der Waals surface area (Å²) in [5.41, 5.74) is 3.65. The molecule has 2 aromatic carbocycles. The highest BCUT2D eigenvalue weighted by molar-refractivity contribution is 5.72. The number of methoxy groups -OCH3 is 2. The minimum absolute atomic E-state index is 0.474. The van der Waals surface area contributed by atoms with Gasteiger partial charge in [0.05, 0.1) is 25.6 Å². The van der Waals surface area contributed by atoms with E-state index in [4.69, 9.17) is 9.47 Å². The Morgan fingerprint density at radius 3 is 2.43 bits per heavy atom. The van der Waals surface area contributed by atoms with Gasteiger partial charge in [0.25, 0.3) is 0 Å². The molecule has 0 fully saturated rings. The minimum Gasteiger partial charge on any atom is -0.497 e. The number of rotatable bonds is 5. The van der Waals surface area contributed by atoms with Crippen LogP contribution in [0, 0.1) is 0 Å². The van der Waals surface area contributed by atoms with E-state index >= 15 is 0 Å². The topological polar surface area (TPSA) is 33.7 Å². The van der Waals surface area contributed by atoms with E-state index in [0.29, 0.717) is 6.04 Å². The molecule has 1 N–H and O–H groups in total. The van der Waals surface area contributed by atoms with Crippen LogP contribution in [-0.2, 0) is 6.54 Å². The van der Waals surface area contributed by atoms with Gasteiger partial charge in [-0.05, 0) is 36.2 Å². The van der Waals surface area contributed by atoms with Crippen molar-refractivity contribution in [2.24, 2.45) is 0 Å². The molecule has 0 spiro atoms. The van der Waals surface area contributed by atoms with Gasteiger partial charge in [0.2, 0.25) is 0 Å². The number of nitrogens with zero attached hydrogens (tertiary/aromatic N) is 1. The fourth-order valence-electron chi connectivity index (χ4n) is 3.14. The van der Waals surface area contributed by atoms with Gasteiger partial charge in [-0.2, -0.15) is 0 Å². The molecule has 4 nitrogen and oxygen atoms in total. The fraction of sp³-hybridized carbons (Fsp3) is 0.368. The molecule has 1 heterocycles. The zero-order valence-corrected chi connectivity index (χ0v) is 14.0. The van der Waals surface area contributed by atoms with Gasteiger partial charge in [-0.15, -0.1) is 0 Å². The van der Waals surface area contributed by atoms with Crippen LogP contribution >= 0.6 is 0 Å². The lowest BCUT2D eigenvalue weighted by atomic mass is 10.0. The van der Waals surface area contributed by atoms with Crippen LogP contribution in [-0.4, -0.2) is 26.8 Å². The van der Waals surface area contributed by atoms with Crippen LogP contribution in [0.25, 0.3) is 0 Å². The first kappa shape index (κ1) is 15.5. The third-order valence-electron chi connectivity index (χ3n) is 4.42. The van der Waals surface area contributed by atoms with Gasteiger partial charge in [0.15, 0.2) is 0 Å². The van der Waals surface area contributed by atoms with Crippen molar-refractivity contribution in [1.82, 2.24) is 0 Å². The molecule has 2 aromatic rings. The van der Waals surface area contributed by atoms with Gasteiger partial charge in [-0.3, -0.25) is 0 Å². The van der Waals surface area contributed by atoms with E-state index in [-0.39, 0.29) is 0 Å². The molecule has 23 heavy (non-hydrogen) atoms. The van der Waals surface area contributed by atoms with Crippen molar-refractivity contribution in [1.29, 1.82) is 0 Å². The predicted molar refractivity (Wildman–Crippen MR) is 94.7 cm³/mol. The first-order chi connectivity index (χ1) is 11.2. The molecule has 0 bridgehead atoms. The molecule has 4 heteroatoms. The summed E-state index contributed by atoms with van der Waals surface area (Å²) in [4.78, 5) is 2.47. The highest BCUT2D eigenvalue weighted by Gasteiger charge is 2.24. The maximum absolute atomic E-state index is 5.40. The fourth-order valence-corrected chi connectivity index (χ4v) is 3.14. The lowest BCUT2D eigenvalue weighted by molar-refractivity contribution is 0.393. The summed E-state index contributed by atoms with van der Waals surface area (Å²) < 4.78 is 10.8. The summed E-state index contributed by atoms with van der Waals surface area (Å²) in [5.74, 6) is 1.66. The first-order valence-electron chi connectivity index (χ1n) is 8.06. The zero-order chi connectivity index (χ0) is 16.2. The van der Waals surface area contributed by atoms with E-state index in [0.717, 1.165) is 31.0 Å². The van der Waals surface area contributed by atoms with Crippen molar-refractivity contribution < 1.29 is 9.47 Å². The molecule has 1 aliphatic rings. The summed E-state index contributed by atoms with van der Waals surface area (Å²) in [6.07, 6.45) is 1.10. The maximum atomic E-state index is 5.40. The molecular formula is C19H24N2O2. The molecule has 0 amide bonds. The second kappa shape index (κ2) is 6.82. The van der Waals surface area contributed by atoms with E-state index in [1.54, 1.807) is 14.2 Å². The van der Waals surface area contributed by atoms with Crippen LogP contribution in [0.15, 0.2) is 42.5 Å². The largest absolute Gasteiger partial charge is 0.497 e. The Balaban J connectivity index is 1.94. The maximum Gasteiger partial charge on any atom is 0.122 e. The average Bonchev–Trinajstić information content (AvgIpc) is 2.61. The lowest BCUT2D eigenvalue weighted by Crippen LogP contribution is -2.43. The summed E-state index contributed by atoms with van der Waals surface area (Å²) in [6.45, 7) is 4.04. The Morgan fingerprint density at radius 2 is 1.78 bits per heavy atom. The molecule has 1 aliphatic heterocycles. The number of ether oxygens (including phenoxy) is 2. The average molecular weight is 312 g/mol. The zero-order valence-electron chi connectivity index (χ0n) is 14.0. The SMILES string of the molecule is CCC1CNc2ccccc2N1Cc1cc(OC)cc(OC)c1. The standard InChI is InChI=1S/C19H24N2O2/c1-4-15-12-20-18-7-5-6-8-19(18)21(15)13-14-9-16(22-2)11-17(10-14)23-3/h5-11,15,20H,4,12-13H2,1-3H3. The van der Waals surface area contributed by atoms with E-state index < -0.39 is 0 Å². The van der Waals surface area contributed by atoms with Crippen molar-refractivity contribution in [2.75, 3.05) is 31.0 Å². The number of hydrogen-bond acceptors (Lipinski definition) is 4. The molecule has 0 aromatic heterocycles. The summed E-state index contributed by atoms with van der Waals surface area (Å²) in [6, 6.07) is 15.0. The summed E-state index contributed by atoms with van der Waals surface area (Å²) in [7, 11) is 3.38. The lowest BCUT2D eigenvalue weighted by Gasteiger charge is -2.39. The number of nitrogens with one attached hydrogen (secondary N) is 1. The van der Waals surface area contributed by atoms with Gasteiger partial charge < -0.3 is 19.7 Å². The highest BCUT2D eigenvalue weighted by atomic mass is 16.5. The molecule has 1 atom stereocenters. The normalized spacial score (nSPS) is 16.5. The molecule has 1 unspecified atom stereocenters. The van der Waals surface area contributed by atoms with E-state index in [1.807, 2.05) is 6.07 Å². The predicted octanol–water partition coefficient (Wildman–Crippen LogP) is 3.91. The Labute approximate surface area is 138 Å². The van der Waals surface area contributed by atoms with Gasteiger partial charge in [0.1, 0.15) is 11.5 Å². The Hall–Kier alpha value is -2.36. The molecule has 0 aliphatic carbocycles. The third kappa shape index (κ3) is 3.21. The van der Waals surface area contributed by atoms with Crippen molar-refractivity contribution >= 4 is 11.4 Å². The molecule has 0 radical (unpaired) electrons. The molecule has 0 saturated carbocycles. The van der Waals surface area contributed by atoms with Crippen LogP contribution in [0.2, 0.25) is 0 Å². The monoisotopic (exact) mass is 312 g/mol. The molecule has 122 valence electrons. The number of anilines is 2. The van der Waals surface area contributed by atoms with Crippen molar-refractivity contribution in [2.45, 2.75) is 25.9 Å². The first-order valence-corrected chi connectivity index (χ1v) is 8.06. The minimum atomic E-state index is 0.474. The van der Waals surface area contributed by atoms with Gasteiger partial charge in [-0.1, -0.05) is 19.1 Å². The van der Waals surface area contributed by atoms with Crippen LogP contribution in [0.4, 0.5) is 11.4 Å². The van der Waals surface area contributed by atoms with Crippen LogP contribution in [0.1, 0.15) is 18.9 Å². The van der Waals surface area contributed by atoms with Crippen molar-refractivity contribution in [3.05, 3.63) is 48.0 Å². The van der Waals surface area contributed by atoms with Crippen LogP contribution < -0.4 is 19.7 Å². The Morgan fingerprint density at radius 1 is 1.09 bits per heavy atom. The molecular weight excluding hydrogens is 288 g/mol. The van der Waals surface area contributed by atoms with E-state index in [2.05, 4.69) is 53.5 Å². The van der Waals surface area contributed by atoms with Gasteiger partial charge >= 0.3 is 0 Å². The summed E-state index contributed by atoms with van der Waals surface area (Å²) in [5, 5.41) is 3.53.